The molecule has 1 saturated heterocycles. The van der Waals surface area contributed by atoms with E-state index in [0.29, 0.717) is 12.3 Å². The van der Waals surface area contributed by atoms with Crippen LogP contribution in [0.1, 0.15) is 20.3 Å². The highest BCUT2D eigenvalue weighted by atomic mass is 16.4. The molecule has 0 aromatic carbocycles. The van der Waals surface area contributed by atoms with Crippen molar-refractivity contribution in [3.63, 3.8) is 0 Å². The first-order valence-electron chi connectivity index (χ1n) is 5.82. The standard InChI is InChI=1S/C11H22N2O2/c1-3-12(4-2)5-6-13-8-10(9-13)7-11(14)15/h10H,3-9H2,1-2H3,(H,14,15). The molecule has 1 aliphatic heterocycles. The Balaban J connectivity index is 2.04. The van der Waals surface area contributed by atoms with E-state index < -0.39 is 5.97 Å². The molecule has 0 spiro atoms. The van der Waals surface area contributed by atoms with Gasteiger partial charge in [0.1, 0.15) is 0 Å². The lowest BCUT2D eigenvalue weighted by Gasteiger charge is -2.39. The average Bonchev–Trinajstić information content (AvgIpc) is 2.14. The molecule has 4 nitrogen and oxygen atoms in total. The molecule has 1 rings (SSSR count). The highest BCUT2D eigenvalue weighted by molar-refractivity contribution is 5.67. The van der Waals surface area contributed by atoms with Crippen LogP contribution in [0.4, 0.5) is 0 Å². The average molecular weight is 214 g/mol. The molecule has 1 aliphatic rings. The molecule has 0 aromatic heterocycles. The van der Waals surface area contributed by atoms with E-state index in [2.05, 4.69) is 23.6 Å². The Morgan fingerprint density at radius 2 is 2.00 bits per heavy atom. The fraction of sp³-hybridized carbons (Fsp3) is 0.909. The number of aliphatic carboxylic acids is 1. The number of likely N-dealkylation sites (N-methyl/N-ethyl adjacent to an activating group) is 1. The number of carboxylic acid groups (broad SMARTS) is 1. The summed E-state index contributed by atoms with van der Waals surface area (Å²) in [6.45, 7) is 10.7. The van der Waals surface area contributed by atoms with Crippen LogP contribution in [0, 0.1) is 5.92 Å². The molecule has 1 N–H and O–H groups in total. The predicted molar refractivity (Wildman–Crippen MR) is 60.0 cm³/mol. The van der Waals surface area contributed by atoms with Gasteiger partial charge in [0.05, 0.1) is 6.42 Å². The summed E-state index contributed by atoms with van der Waals surface area (Å²) in [6.07, 6.45) is 0.335. The SMILES string of the molecule is CCN(CC)CCN1CC(CC(=O)O)C1. The van der Waals surface area contributed by atoms with Crippen LogP contribution in [0.3, 0.4) is 0 Å². The van der Waals surface area contributed by atoms with Crippen LogP contribution in [-0.4, -0.2) is 60.1 Å². The molecule has 0 aromatic rings. The lowest BCUT2D eigenvalue weighted by atomic mass is 9.96. The Kier molecular flexibility index (Phi) is 5.05. The summed E-state index contributed by atoms with van der Waals surface area (Å²) >= 11 is 0. The number of carbonyl (C=O) groups is 1. The second-order valence-corrected chi connectivity index (χ2v) is 4.25. The van der Waals surface area contributed by atoms with Crippen LogP contribution in [0.15, 0.2) is 0 Å². The van der Waals surface area contributed by atoms with Crippen molar-refractivity contribution in [2.24, 2.45) is 5.92 Å². The Hall–Kier alpha value is -0.610. The molecule has 0 unspecified atom stereocenters. The van der Waals surface area contributed by atoms with Crippen LogP contribution in [0.5, 0.6) is 0 Å². The van der Waals surface area contributed by atoms with Gasteiger partial charge < -0.3 is 14.9 Å². The molecule has 0 radical (unpaired) electrons. The Morgan fingerprint density at radius 1 is 1.40 bits per heavy atom. The second-order valence-electron chi connectivity index (χ2n) is 4.25. The van der Waals surface area contributed by atoms with E-state index in [9.17, 15) is 4.79 Å². The van der Waals surface area contributed by atoms with Gasteiger partial charge in [-0.2, -0.15) is 0 Å². The first kappa shape index (κ1) is 12.5. The monoisotopic (exact) mass is 214 g/mol. The molecule has 0 atom stereocenters. The number of nitrogens with zero attached hydrogens (tertiary/aromatic N) is 2. The summed E-state index contributed by atoms with van der Waals surface area (Å²) in [5.74, 6) is -0.275. The summed E-state index contributed by atoms with van der Waals surface area (Å²) in [5.41, 5.74) is 0. The van der Waals surface area contributed by atoms with Gasteiger partial charge in [-0.3, -0.25) is 4.79 Å². The third kappa shape index (κ3) is 4.18. The van der Waals surface area contributed by atoms with Gasteiger partial charge in [0.2, 0.25) is 0 Å². The minimum Gasteiger partial charge on any atom is -0.481 e. The van der Waals surface area contributed by atoms with E-state index >= 15 is 0 Å². The van der Waals surface area contributed by atoms with Crippen LogP contribution < -0.4 is 0 Å². The fourth-order valence-electron chi connectivity index (χ4n) is 2.06. The molecule has 0 aliphatic carbocycles. The van der Waals surface area contributed by atoms with Crippen LogP contribution >= 0.6 is 0 Å². The topological polar surface area (TPSA) is 43.8 Å². The smallest absolute Gasteiger partial charge is 0.303 e. The van der Waals surface area contributed by atoms with Crippen molar-refractivity contribution in [3.8, 4) is 0 Å². The summed E-state index contributed by atoms with van der Waals surface area (Å²) in [7, 11) is 0. The highest BCUT2D eigenvalue weighted by Gasteiger charge is 2.27. The van der Waals surface area contributed by atoms with Crippen molar-refractivity contribution in [2.75, 3.05) is 39.3 Å². The number of likely N-dealkylation sites (tertiary alicyclic amines) is 1. The van der Waals surface area contributed by atoms with Crippen molar-refractivity contribution < 1.29 is 9.90 Å². The van der Waals surface area contributed by atoms with E-state index in [1.165, 1.54) is 0 Å². The first-order chi connectivity index (χ1) is 7.15. The van der Waals surface area contributed by atoms with E-state index in [1.807, 2.05) is 0 Å². The van der Waals surface area contributed by atoms with Crippen molar-refractivity contribution in [2.45, 2.75) is 20.3 Å². The highest BCUT2D eigenvalue weighted by Crippen LogP contribution is 2.18. The number of hydrogen-bond acceptors (Lipinski definition) is 3. The van der Waals surface area contributed by atoms with Gasteiger partial charge in [-0.1, -0.05) is 13.8 Å². The molecule has 4 heteroatoms. The number of rotatable bonds is 7. The Morgan fingerprint density at radius 3 is 2.47 bits per heavy atom. The zero-order chi connectivity index (χ0) is 11.3. The molecule has 88 valence electrons. The summed E-state index contributed by atoms with van der Waals surface area (Å²) < 4.78 is 0. The van der Waals surface area contributed by atoms with Gasteiger partial charge >= 0.3 is 5.97 Å². The largest absolute Gasteiger partial charge is 0.481 e. The lowest BCUT2D eigenvalue weighted by molar-refractivity contribution is -0.139. The van der Waals surface area contributed by atoms with Gasteiger partial charge in [-0.25, -0.2) is 0 Å². The molecule has 0 bridgehead atoms. The maximum absolute atomic E-state index is 10.4. The molecular weight excluding hydrogens is 192 g/mol. The molecule has 0 saturated carbocycles. The molecule has 15 heavy (non-hydrogen) atoms. The second kappa shape index (κ2) is 6.08. The minimum atomic E-state index is -0.664. The number of hydrogen-bond donors (Lipinski definition) is 1. The predicted octanol–water partition coefficient (Wildman–Crippen LogP) is 0.735. The van der Waals surface area contributed by atoms with Crippen molar-refractivity contribution in [1.82, 2.24) is 9.80 Å². The van der Waals surface area contributed by atoms with Crippen molar-refractivity contribution in [1.29, 1.82) is 0 Å². The molecule has 1 fully saturated rings. The summed E-state index contributed by atoms with van der Waals surface area (Å²) in [5, 5.41) is 8.60. The first-order valence-corrected chi connectivity index (χ1v) is 5.82. The minimum absolute atomic E-state index is 0.335. The van der Waals surface area contributed by atoms with Crippen LogP contribution in [0.25, 0.3) is 0 Å². The van der Waals surface area contributed by atoms with Crippen molar-refractivity contribution in [3.05, 3.63) is 0 Å². The zero-order valence-corrected chi connectivity index (χ0v) is 9.78. The van der Waals surface area contributed by atoms with Crippen LogP contribution in [-0.2, 0) is 4.79 Å². The maximum Gasteiger partial charge on any atom is 0.303 e. The van der Waals surface area contributed by atoms with E-state index in [-0.39, 0.29) is 0 Å². The summed E-state index contributed by atoms with van der Waals surface area (Å²) in [6, 6.07) is 0. The molecular formula is C11H22N2O2. The van der Waals surface area contributed by atoms with Crippen LogP contribution in [0.2, 0.25) is 0 Å². The third-order valence-electron chi connectivity index (χ3n) is 3.12. The summed E-state index contributed by atoms with van der Waals surface area (Å²) in [4.78, 5) is 15.2. The normalized spacial score (nSPS) is 18.1. The number of carboxylic acids is 1. The van der Waals surface area contributed by atoms with E-state index in [4.69, 9.17) is 5.11 Å². The fourth-order valence-corrected chi connectivity index (χ4v) is 2.06. The molecule has 0 amide bonds. The maximum atomic E-state index is 10.4. The zero-order valence-electron chi connectivity index (χ0n) is 9.78. The Bertz CT molecular complexity index is 199. The van der Waals surface area contributed by atoms with Gasteiger partial charge in [0, 0.05) is 26.2 Å². The lowest BCUT2D eigenvalue weighted by Crippen LogP contribution is -2.50. The third-order valence-corrected chi connectivity index (χ3v) is 3.12. The van der Waals surface area contributed by atoms with E-state index in [0.717, 1.165) is 39.3 Å². The quantitative estimate of drug-likeness (QED) is 0.678. The molecule has 1 heterocycles. The van der Waals surface area contributed by atoms with E-state index in [1.54, 1.807) is 0 Å². The van der Waals surface area contributed by atoms with Gasteiger partial charge in [0.25, 0.3) is 0 Å². The van der Waals surface area contributed by atoms with Crippen molar-refractivity contribution >= 4 is 5.97 Å². The van der Waals surface area contributed by atoms with Gasteiger partial charge in [-0.05, 0) is 19.0 Å². The van der Waals surface area contributed by atoms with Gasteiger partial charge in [-0.15, -0.1) is 0 Å². The Labute approximate surface area is 91.9 Å². The van der Waals surface area contributed by atoms with Gasteiger partial charge in [0.15, 0.2) is 0 Å².